The normalized spacial score (nSPS) is 32.4. The second-order valence-electron chi connectivity index (χ2n) is 7.50. The molecule has 2 unspecified atom stereocenters. The highest BCUT2D eigenvalue weighted by molar-refractivity contribution is 4.91. The quantitative estimate of drug-likeness (QED) is 0.835. The van der Waals surface area contributed by atoms with Gasteiger partial charge in [-0.1, -0.05) is 27.2 Å². The number of hydrogen-bond acceptors (Lipinski definition) is 3. The van der Waals surface area contributed by atoms with Gasteiger partial charge < -0.3 is 10.2 Å². The number of hydrogen-bond donors (Lipinski definition) is 1. The molecule has 3 heteroatoms. The third-order valence-electron chi connectivity index (χ3n) is 5.50. The molecule has 0 spiro atoms. The molecule has 1 N–H and O–H groups in total. The molecule has 2 aliphatic rings. The zero-order valence-corrected chi connectivity index (χ0v) is 14.1. The van der Waals surface area contributed by atoms with Crippen molar-refractivity contribution in [1.29, 1.82) is 0 Å². The lowest BCUT2D eigenvalue weighted by Gasteiger charge is -2.47. The Morgan fingerprint density at radius 1 is 1.20 bits per heavy atom. The Kier molecular flexibility index (Phi) is 5.88. The van der Waals surface area contributed by atoms with Crippen LogP contribution < -0.4 is 5.32 Å². The van der Waals surface area contributed by atoms with Crippen LogP contribution in [0.1, 0.15) is 52.9 Å². The van der Waals surface area contributed by atoms with Crippen molar-refractivity contribution >= 4 is 0 Å². The summed E-state index contributed by atoms with van der Waals surface area (Å²) in [6.07, 6.45) is 6.63. The molecule has 2 heterocycles. The van der Waals surface area contributed by atoms with Gasteiger partial charge in [-0.15, -0.1) is 0 Å². The molecule has 2 aliphatic heterocycles. The summed E-state index contributed by atoms with van der Waals surface area (Å²) in [5, 5.41) is 3.76. The molecular weight excluding hydrogens is 246 g/mol. The minimum Gasteiger partial charge on any atom is -0.311 e. The fourth-order valence-corrected chi connectivity index (χ4v) is 3.87. The molecule has 2 saturated heterocycles. The lowest BCUT2D eigenvalue weighted by atomic mass is 9.79. The molecule has 2 atom stereocenters. The number of rotatable bonds is 5. The fourth-order valence-electron chi connectivity index (χ4n) is 3.87. The van der Waals surface area contributed by atoms with E-state index in [9.17, 15) is 0 Å². The number of piperidine rings is 1. The van der Waals surface area contributed by atoms with Crippen LogP contribution in [0.25, 0.3) is 0 Å². The first-order valence-corrected chi connectivity index (χ1v) is 8.72. The average molecular weight is 281 g/mol. The molecule has 0 saturated carbocycles. The predicted octanol–water partition coefficient (Wildman–Crippen LogP) is 2.57. The zero-order valence-electron chi connectivity index (χ0n) is 14.1. The molecule has 0 aliphatic carbocycles. The number of nitrogens with zero attached hydrogens (tertiary/aromatic N) is 2. The summed E-state index contributed by atoms with van der Waals surface area (Å²) < 4.78 is 0. The van der Waals surface area contributed by atoms with Crippen LogP contribution in [0, 0.1) is 5.41 Å². The van der Waals surface area contributed by atoms with Crippen LogP contribution in [0.4, 0.5) is 0 Å². The summed E-state index contributed by atoms with van der Waals surface area (Å²) in [7, 11) is 2.26. The second kappa shape index (κ2) is 7.24. The average Bonchev–Trinajstić information content (AvgIpc) is 2.43. The van der Waals surface area contributed by atoms with E-state index < -0.39 is 0 Å². The van der Waals surface area contributed by atoms with E-state index in [1.165, 1.54) is 64.8 Å². The van der Waals surface area contributed by atoms with Gasteiger partial charge in [-0.2, -0.15) is 0 Å². The highest BCUT2D eigenvalue weighted by atomic mass is 15.2. The predicted molar refractivity (Wildman–Crippen MR) is 87.2 cm³/mol. The topological polar surface area (TPSA) is 18.5 Å². The number of nitrogens with one attached hydrogen (secondary N) is 1. The van der Waals surface area contributed by atoms with Gasteiger partial charge in [0.2, 0.25) is 0 Å². The van der Waals surface area contributed by atoms with Crippen molar-refractivity contribution in [3.8, 4) is 0 Å². The van der Waals surface area contributed by atoms with Crippen LogP contribution in [0.2, 0.25) is 0 Å². The SMILES string of the molecule is CCCC1CN(CC2(C)CCN(C)CC2)C(CC)CN1. The highest BCUT2D eigenvalue weighted by Crippen LogP contribution is 2.32. The summed E-state index contributed by atoms with van der Waals surface area (Å²) in [6.45, 7) is 13.5. The molecule has 2 fully saturated rings. The van der Waals surface area contributed by atoms with Crippen LogP contribution >= 0.6 is 0 Å². The van der Waals surface area contributed by atoms with Crippen molar-refractivity contribution < 1.29 is 0 Å². The van der Waals surface area contributed by atoms with E-state index in [1.54, 1.807) is 0 Å². The van der Waals surface area contributed by atoms with Gasteiger partial charge in [-0.05, 0) is 51.2 Å². The van der Waals surface area contributed by atoms with Crippen LogP contribution in [0.5, 0.6) is 0 Å². The van der Waals surface area contributed by atoms with Gasteiger partial charge in [0.1, 0.15) is 0 Å². The summed E-state index contributed by atoms with van der Waals surface area (Å²) in [4.78, 5) is 5.29. The molecule has 0 radical (unpaired) electrons. The van der Waals surface area contributed by atoms with Gasteiger partial charge in [0.25, 0.3) is 0 Å². The van der Waals surface area contributed by atoms with E-state index in [0.29, 0.717) is 5.41 Å². The smallest absolute Gasteiger partial charge is 0.0219 e. The van der Waals surface area contributed by atoms with Gasteiger partial charge >= 0.3 is 0 Å². The maximum absolute atomic E-state index is 3.76. The maximum atomic E-state index is 3.76. The van der Waals surface area contributed by atoms with Gasteiger partial charge in [0.05, 0.1) is 0 Å². The second-order valence-corrected chi connectivity index (χ2v) is 7.50. The van der Waals surface area contributed by atoms with E-state index in [1.807, 2.05) is 0 Å². The first kappa shape index (κ1) is 16.3. The molecule has 0 aromatic carbocycles. The molecule has 0 bridgehead atoms. The van der Waals surface area contributed by atoms with Crippen LogP contribution in [-0.2, 0) is 0 Å². The molecule has 0 amide bonds. The summed E-state index contributed by atoms with van der Waals surface area (Å²) in [5.41, 5.74) is 0.536. The summed E-state index contributed by atoms with van der Waals surface area (Å²) in [5.74, 6) is 0. The zero-order chi connectivity index (χ0) is 14.6. The molecular formula is C17H35N3. The molecule has 2 rings (SSSR count). The van der Waals surface area contributed by atoms with E-state index in [0.717, 1.165) is 12.1 Å². The Hall–Kier alpha value is -0.120. The lowest BCUT2D eigenvalue weighted by Crippen LogP contribution is -2.58. The van der Waals surface area contributed by atoms with E-state index in [4.69, 9.17) is 0 Å². The fraction of sp³-hybridized carbons (Fsp3) is 1.00. The Morgan fingerprint density at radius 3 is 2.50 bits per heavy atom. The first-order chi connectivity index (χ1) is 9.56. The lowest BCUT2D eigenvalue weighted by molar-refractivity contribution is 0.0399. The van der Waals surface area contributed by atoms with Crippen LogP contribution in [0.3, 0.4) is 0 Å². The standard InChI is InChI=1S/C17H35N3/c1-5-7-15-13-20(16(6-2)12-18-15)14-17(3)8-10-19(4)11-9-17/h15-16,18H,5-14H2,1-4H3. The van der Waals surface area contributed by atoms with E-state index >= 15 is 0 Å². The van der Waals surface area contributed by atoms with Crippen molar-refractivity contribution in [1.82, 2.24) is 15.1 Å². The Morgan fingerprint density at radius 2 is 1.90 bits per heavy atom. The van der Waals surface area contributed by atoms with Crippen molar-refractivity contribution in [2.45, 2.75) is 65.0 Å². The molecule has 3 nitrogen and oxygen atoms in total. The Labute approximate surface area is 126 Å². The van der Waals surface area contributed by atoms with Crippen LogP contribution in [0.15, 0.2) is 0 Å². The van der Waals surface area contributed by atoms with Crippen molar-refractivity contribution in [2.75, 3.05) is 39.8 Å². The minimum absolute atomic E-state index is 0.536. The van der Waals surface area contributed by atoms with Crippen molar-refractivity contribution in [3.05, 3.63) is 0 Å². The van der Waals surface area contributed by atoms with E-state index in [2.05, 4.69) is 42.9 Å². The Balaban J connectivity index is 1.93. The van der Waals surface area contributed by atoms with Gasteiger partial charge in [-0.25, -0.2) is 0 Å². The van der Waals surface area contributed by atoms with Crippen molar-refractivity contribution in [3.63, 3.8) is 0 Å². The highest BCUT2D eigenvalue weighted by Gasteiger charge is 2.35. The molecule has 20 heavy (non-hydrogen) atoms. The van der Waals surface area contributed by atoms with Crippen molar-refractivity contribution in [2.24, 2.45) is 5.41 Å². The number of likely N-dealkylation sites (tertiary alicyclic amines) is 1. The molecule has 118 valence electrons. The third-order valence-corrected chi connectivity index (χ3v) is 5.50. The summed E-state index contributed by atoms with van der Waals surface area (Å²) in [6, 6.07) is 1.47. The third kappa shape index (κ3) is 4.19. The van der Waals surface area contributed by atoms with E-state index in [-0.39, 0.29) is 0 Å². The monoisotopic (exact) mass is 281 g/mol. The number of piperazine rings is 1. The van der Waals surface area contributed by atoms with Gasteiger partial charge in [0.15, 0.2) is 0 Å². The first-order valence-electron chi connectivity index (χ1n) is 8.72. The minimum atomic E-state index is 0.536. The van der Waals surface area contributed by atoms with Gasteiger partial charge in [-0.3, -0.25) is 4.90 Å². The van der Waals surface area contributed by atoms with Crippen LogP contribution in [-0.4, -0.2) is 61.7 Å². The molecule has 0 aromatic rings. The largest absolute Gasteiger partial charge is 0.311 e. The Bertz CT molecular complexity index is 284. The molecule has 0 aromatic heterocycles. The maximum Gasteiger partial charge on any atom is 0.0219 e. The van der Waals surface area contributed by atoms with Gasteiger partial charge in [0, 0.05) is 31.7 Å². The summed E-state index contributed by atoms with van der Waals surface area (Å²) >= 11 is 0.